The second-order valence-electron chi connectivity index (χ2n) is 7.70. The third kappa shape index (κ3) is 7.49. The Bertz CT molecular complexity index is 830. The van der Waals surface area contributed by atoms with Crippen molar-refractivity contribution in [3.63, 3.8) is 0 Å². The van der Waals surface area contributed by atoms with E-state index >= 15 is 0 Å². The van der Waals surface area contributed by atoms with Gasteiger partial charge in [-0.25, -0.2) is 4.79 Å². The van der Waals surface area contributed by atoms with Crippen molar-refractivity contribution in [2.24, 2.45) is 0 Å². The summed E-state index contributed by atoms with van der Waals surface area (Å²) in [5.74, 6) is 0.958. The first-order chi connectivity index (χ1) is 13.7. The highest BCUT2D eigenvalue weighted by atomic mass is 16.5. The lowest BCUT2D eigenvalue weighted by molar-refractivity contribution is -0.123. The lowest BCUT2D eigenvalue weighted by atomic mass is 10.0. The maximum atomic E-state index is 12.1. The fraction of sp³-hybridized carbons (Fsp3) is 0.391. The molecule has 3 N–H and O–H groups in total. The number of carbonyl (C=O) groups excluding carboxylic acids is 2. The van der Waals surface area contributed by atoms with Crippen molar-refractivity contribution in [3.8, 4) is 5.75 Å². The normalized spacial score (nSPS) is 10.7. The lowest BCUT2D eigenvalue weighted by Gasteiger charge is -2.13. The van der Waals surface area contributed by atoms with Crippen LogP contribution in [0, 0.1) is 6.92 Å². The minimum Gasteiger partial charge on any atom is -0.483 e. The van der Waals surface area contributed by atoms with Gasteiger partial charge in [0.05, 0.1) is 0 Å². The van der Waals surface area contributed by atoms with E-state index < -0.39 is 0 Å². The van der Waals surface area contributed by atoms with Gasteiger partial charge >= 0.3 is 6.03 Å². The van der Waals surface area contributed by atoms with Crippen LogP contribution in [0.5, 0.6) is 5.75 Å². The Labute approximate surface area is 173 Å². The van der Waals surface area contributed by atoms with Crippen molar-refractivity contribution in [1.82, 2.24) is 10.6 Å². The van der Waals surface area contributed by atoms with E-state index in [9.17, 15) is 9.59 Å². The first-order valence-electron chi connectivity index (χ1n) is 9.91. The van der Waals surface area contributed by atoms with Crippen LogP contribution in [0.2, 0.25) is 0 Å². The number of hydrogen-bond acceptors (Lipinski definition) is 3. The van der Waals surface area contributed by atoms with Gasteiger partial charge in [-0.05, 0) is 61.6 Å². The van der Waals surface area contributed by atoms with Crippen LogP contribution >= 0.6 is 0 Å². The second kappa shape index (κ2) is 10.5. The van der Waals surface area contributed by atoms with Crippen molar-refractivity contribution in [3.05, 3.63) is 59.2 Å². The predicted octanol–water partition coefficient (Wildman–Crippen LogP) is 4.34. The molecule has 0 fully saturated rings. The highest BCUT2D eigenvalue weighted by Gasteiger charge is 2.08. The van der Waals surface area contributed by atoms with E-state index in [1.165, 1.54) is 5.56 Å². The summed E-state index contributed by atoms with van der Waals surface area (Å²) >= 11 is 0. The summed E-state index contributed by atoms with van der Waals surface area (Å²) in [4.78, 5) is 23.8. The van der Waals surface area contributed by atoms with Gasteiger partial charge in [0.1, 0.15) is 5.75 Å². The summed E-state index contributed by atoms with van der Waals surface area (Å²) in [6.45, 7) is 10.4. The molecule has 0 aliphatic heterocycles. The SMILES string of the molecule is Cc1ccc(C(C)C)cc1OCC(=O)NCc1ccc(NC(=O)NC(C)C)cc1. The number of anilines is 1. The first-order valence-corrected chi connectivity index (χ1v) is 9.91. The summed E-state index contributed by atoms with van der Waals surface area (Å²) in [6.07, 6.45) is 0. The summed E-state index contributed by atoms with van der Waals surface area (Å²) in [7, 11) is 0. The van der Waals surface area contributed by atoms with Crippen LogP contribution in [0.1, 0.15) is 50.3 Å². The number of amides is 3. The van der Waals surface area contributed by atoms with Gasteiger partial charge < -0.3 is 20.7 Å². The van der Waals surface area contributed by atoms with Gasteiger partial charge in [0, 0.05) is 18.3 Å². The zero-order chi connectivity index (χ0) is 21.4. The Hall–Kier alpha value is -3.02. The van der Waals surface area contributed by atoms with Crippen molar-refractivity contribution < 1.29 is 14.3 Å². The number of ether oxygens (including phenoxy) is 1. The molecule has 0 unspecified atom stereocenters. The number of benzene rings is 2. The van der Waals surface area contributed by atoms with Crippen LogP contribution in [0.15, 0.2) is 42.5 Å². The van der Waals surface area contributed by atoms with E-state index in [0.717, 1.165) is 16.9 Å². The fourth-order valence-electron chi connectivity index (χ4n) is 2.66. The van der Waals surface area contributed by atoms with Crippen LogP contribution in [-0.4, -0.2) is 24.6 Å². The van der Waals surface area contributed by atoms with E-state index in [4.69, 9.17) is 4.74 Å². The Morgan fingerprint density at radius 2 is 1.69 bits per heavy atom. The Morgan fingerprint density at radius 3 is 2.31 bits per heavy atom. The Kier molecular flexibility index (Phi) is 8.07. The van der Waals surface area contributed by atoms with Crippen LogP contribution < -0.4 is 20.7 Å². The molecule has 0 heterocycles. The minimum atomic E-state index is -0.241. The number of carbonyl (C=O) groups is 2. The smallest absolute Gasteiger partial charge is 0.319 e. The molecular formula is C23H31N3O3. The van der Waals surface area contributed by atoms with Crippen LogP contribution in [-0.2, 0) is 11.3 Å². The zero-order valence-corrected chi connectivity index (χ0v) is 17.8. The topological polar surface area (TPSA) is 79.5 Å². The quantitative estimate of drug-likeness (QED) is 0.620. The molecule has 2 aromatic rings. The molecular weight excluding hydrogens is 366 g/mol. The molecule has 0 saturated heterocycles. The maximum absolute atomic E-state index is 12.1. The van der Waals surface area contributed by atoms with Crippen molar-refractivity contribution in [2.75, 3.05) is 11.9 Å². The molecule has 0 aliphatic carbocycles. The second-order valence-corrected chi connectivity index (χ2v) is 7.70. The van der Waals surface area contributed by atoms with Crippen molar-refractivity contribution in [2.45, 2.75) is 53.1 Å². The van der Waals surface area contributed by atoms with E-state index in [1.54, 1.807) is 12.1 Å². The van der Waals surface area contributed by atoms with E-state index in [-0.39, 0.29) is 24.6 Å². The Balaban J connectivity index is 1.81. The summed E-state index contributed by atoms with van der Waals surface area (Å²) in [5, 5.41) is 8.38. The third-order valence-electron chi connectivity index (χ3n) is 4.36. The molecule has 6 heteroatoms. The predicted molar refractivity (Wildman–Crippen MR) is 116 cm³/mol. The molecule has 0 atom stereocenters. The average Bonchev–Trinajstić information content (AvgIpc) is 2.66. The van der Waals surface area contributed by atoms with Gasteiger partial charge in [0.15, 0.2) is 6.61 Å². The molecule has 0 spiro atoms. The molecule has 0 saturated carbocycles. The first kappa shape index (κ1) is 22.3. The average molecular weight is 398 g/mol. The van der Waals surface area contributed by atoms with Gasteiger partial charge in [-0.2, -0.15) is 0 Å². The number of urea groups is 1. The minimum absolute atomic E-state index is 0.0304. The van der Waals surface area contributed by atoms with Gasteiger partial charge in [-0.3, -0.25) is 4.79 Å². The largest absolute Gasteiger partial charge is 0.483 e. The highest BCUT2D eigenvalue weighted by Crippen LogP contribution is 2.24. The van der Waals surface area contributed by atoms with Gasteiger partial charge in [0.25, 0.3) is 5.91 Å². The van der Waals surface area contributed by atoms with Gasteiger partial charge in [-0.15, -0.1) is 0 Å². The molecule has 29 heavy (non-hydrogen) atoms. The van der Waals surface area contributed by atoms with Crippen LogP contribution in [0.4, 0.5) is 10.5 Å². The van der Waals surface area contributed by atoms with Gasteiger partial charge in [0.2, 0.25) is 0 Å². The molecule has 156 valence electrons. The fourth-order valence-corrected chi connectivity index (χ4v) is 2.66. The zero-order valence-electron chi connectivity index (χ0n) is 17.8. The van der Waals surface area contributed by atoms with Gasteiger partial charge in [-0.1, -0.05) is 38.1 Å². The molecule has 3 amide bonds. The number of hydrogen-bond donors (Lipinski definition) is 3. The van der Waals surface area contributed by atoms with Crippen molar-refractivity contribution in [1.29, 1.82) is 0 Å². The monoisotopic (exact) mass is 397 g/mol. The van der Waals surface area contributed by atoms with Crippen LogP contribution in [0.25, 0.3) is 0 Å². The third-order valence-corrected chi connectivity index (χ3v) is 4.36. The highest BCUT2D eigenvalue weighted by molar-refractivity contribution is 5.89. The van der Waals surface area contributed by atoms with E-state index in [2.05, 4.69) is 35.9 Å². The van der Waals surface area contributed by atoms with Crippen molar-refractivity contribution >= 4 is 17.6 Å². The molecule has 0 aliphatic rings. The molecule has 0 bridgehead atoms. The summed E-state index contributed by atoms with van der Waals surface area (Å²) in [5.41, 5.74) is 3.82. The van der Waals surface area contributed by atoms with E-state index in [1.807, 2.05) is 45.0 Å². The summed E-state index contributed by atoms with van der Waals surface area (Å²) in [6, 6.07) is 13.3. The Morgan fingerprint density at radius 1 is 1.00 bits per heavy atom. The molecule has 6 nitrogen and oxygen atoms in total. The van der Waals surface area contributed by atoms with E-state index in [0.29, 0.717) is 18.2 Å². The molecule has 2 rings (SSSR count). The number of nitrogens with one attached hydrogen (secondary N) is 3. The molecule has 0 radical (unpaired) electrons. The number of aryl methyl sites for hydroxylation is 1. The summed E-state index contributed by atoms with van der Waals surface area (Å²) < 4.78 is 5.71. The standard InChI is InChI=1S/C23H31N3O3/c1-15(2)19-9-6-17(5)21(12-19)29-14-22(27)24-13-18-7-10-20(11-8-18)26-23(28)25-16(3)4/h6-12,15-16H,13-14H2,1-5H3,(H,24,27)(H2,25,26,28). The lowest BCUT2D eigenvalue weighted by Crippen LogP contribution is -2.34. The molecule has 2 aromatic carbocycles. The number of rotatable bonds is 8. The maximum Gasteiger partial charge on any atom is 0.319 e. The van der Waals surface area contributed by atoms with Crippen LogP contribution in [0.3, 0.4) is 0 Å². The molecule has 0 aromatic heterocycles.